The molecule has 0 radical (unpaired) electrons. The van der Waals surface area contributed by atoms with Gasteiger partial charge in [-0.15, -0.1) is 0 Å². The van der Waals surface area contributed by atoms with Gasteiger partial charge in [0.1, 0.15) is 6.17 Å². The molecule has 1 aromatic carbocycles. The molecule has 1 aliphatic rings. The lowest BCUT2D eigenvalue weighted by atomic mass is 10.2. The number of anilines is 1. The van der Waals surface area contributed by atoms with Crippen LogP contribution in [0.4, 0.5) is 5.69 Å². The van der Waals surface area contributed by atoms with E-state index in [1.165, 1.54) is 16.9 Å². The van der Waals surface area contributed by atoms with Gasteiger partial charge in [0.15, 0.2) is 0 Å². The number of allylic oxidation sites excluding steroid dienone is 1. The molecule has 0 saturated carbocycles. The summed E-state index contributed by atoms with van der Waals surface area (Å²) in [5.74, 6) is 0. The fraction of sp³-hybridized carbons (Fsp3) is 0.385. The molecule has 0 aliphatic carbocycles. The van der Waals surface area contributed by atoms with Crippen LogP contribution in [0.15, 0.2) is 36.2 Å². The van der Waals surface area contributed by atoms with Crippen molar-refractivity contribution >= 4 is 5.69 Å². The van der Waals surface area contributed by atoms with Crippen LogP contribution in [0.2, 0.25) is 0 Å². The van der Waals surface area contributed by atoms with Crippen LogP contribution in [0, 0.1) is 6.92 Å². The van der Waals surface area contributed by atoms with Gasteiger partial charge < -0.3 is 9.80 Å². The van der Waals surface area contributed by atoms with Crippen molar-refractivity contribution in [2.75, 3.05) is 11.9 Å². The van der Waals surface area contributed by atoms with E-state index in [1.54, 1.807) is 0 Å². The second-order valence-corrected chi connectivity index (χ2v) is 4.21. The van der Waals surface area contributed by atoms with Gasteiger partial charge in [-0.05, 0) is 32.4 Å². The molecule has 0 N–H and O–H groups in total. The molecule has 0 fully saturated rings. The molecule has 2 nitrogen and oxygen atoms in total. The highest BCUT2D eigenvalue weighted by Gasteiger charge is 2.24. The summed E-state index contributed by atoms with van der Waals surface area (Å²) >= 11 is 0. The first-order valence-corrected chi connectivity index (χ1v) is 5.36. The van der Waals surface area contributed by atoms with Crippen LogP contribution in [-0.2, 0) is 0 Å². The normalized spacial score (nSPS) is 20.8. The van der Waals surface area contributed by atoms with Crippen molar-refractivity contribution in [2.45, 2.75) is 26.9 Å². The fourth-order valence-electron chi connectivity index (χ4n) is 2.01. The van der Waals surface area contributed by atoms with Gasteiger partial charge in [-0.1, -0.05) is 18.2 Å². The van der Waals surface area contributed by atoms with Gasteiger partial charge in [0.05, 0.1) is 0 Å². The molecular weight excluding hydrogens is 184 g/mol. The Morgan fingerprint density at radius 3 is 2.33 bits per heavy atom. The summed E-state index contributed by atoms with van der Waals surface area (Å²) < 4.78 is 0. The predicted octanol–water partition coefficient (Wildman–Crippen LogP) is 2.95. The van der Waals surface area contributed by atoms with Crippen LogP contribution in [0.3, 0.4) is 0 Å². The first-order chi connectivity index (χ1) is 7.11. The zero-order valence-electron chi connectivity index (χ0n) is 9.86. The molecule has 15 heavy (non-hydrogen) atoms. The smallest absolute Gasteiger partial charge is 0.102 e. The van der Waals surface area contributed by atoms with Gasteiger partial charge in [-0.2, -0.15) is 0 Å². The van der Waals surface area contributed by atoms with Gasteiger partial charge in [0, 0.05) is 24.6 Å². The van der Waals surface area contributed by atoms with E-state index in [-0.39, 0.29) is 0 Å². The summed E-state index contributed by atoms with van der Waals surface area (Å²) in [7, 11) is 2.13. The largest absolute Gasteiger partial charge is 0.357 e. The Bertz CT molecular complexity index is 395. The Hall–Kier alpha value is -1.44. The molecule has 1 atom stereocenters. The third-order valence-electron chi connectivity index (χ3n) is 3.24. The maximum Gasteiger partial charge on any atom is 0.102 e. The van der Waals surface area contributed by atoms with Crippen molar-refractivity contribution in [1.82, 2.24) is 4.90 Å². The second kappa shape index (κ2) is 3.61. The molecule has 1 aromatic rings. The van der Waals surface area contributed by atoms with Gasteiger partial charge in [0.25, 0.3) is 0 Å². The van der Waals surface area contributed by atoms with E-state index in [9.17, 15) is 0 Å². The summed E-state index contributed by atoms with van der Waals surface area (Å²) in [5.41, 5.74) is 3.93. The minimum Gasteiger partial charge on any atom is -0.357 e. The molecule has 0 aromatic heterocycles. The molecule has 80 valence electrons. The minimum atomic E-state index is 0.408. The molecule has 0 bridgehead atoms. The number of hydrogen-bond acceptors (Lipinski definition) is 2. The topological polar surface area (TPSA) is 6.48 Å². The lowest BCUT2D eigenvalue weighted by Crippen LogP contribution is -2.34. The van der Waals surface area contributed by atoms with E-state index in [4.69, 9.17) is 0 Å². The van der Waals surface area contributed by atoms with E-state index in [1.807, 2.05) is 0 Å². The Morgan fingerprint density at radius 1 is 1.13 bits per heavy atom. The maximum absolute atomic E-state index is 2.32. The van der Waals surface area contributed by atoms with Gasteiger partial charge in [-0.3, -0.25) is 0 Å². The van der Waals surface area contributed by atoms with E-state index >= 15 is 0 Å². The second-order valence-electron chi connectivity index (χ2n) is 4.21. The Balaban J connectivity index is 2.38. The van der Waals surface area contributed by atoms with Crippen LogP contribution in [-0.4, -0.2) is 18.1 Å². The highest BCUT2D eigenvalue weighted by molar-refractivity contribution is 5.57. The molecule has 2 rings (SSSR count). The molecule has 0 spiro atoms. The first-order valence-electron chi connectivity index (χ1n) is 5.36. The van der Waals surface area contributed by atoms with Crippen molar-refractivity contribution in [2.24, 2.45) is 0 Å². The number of benzene rings is 1. The van der Waals surface area contributed by atoms with Gasteiger partial charge in [-0.25, -0.2) is 0 Å². The molecule has 1 aliphatic heterocycles. The van der Waals surface area contributed by atoms with Gasteiger partial charge >= 0.3 is 0 Å². The van der Waals surface area contributed by atoms with Crippen LogP contribution < -0.4 is 4.90 Å². The number of aryl methyl sites for hydroxylation is 1. The lowest BCUT2D eigenvalue weighted by molar-refractivity contribution is 0.357. The number of rotatable bonds is 1. The Labute approximate surface area is 91.8 Å². The molecule has 0 unspecified atom stereocenters. The summed E-state index contributed by atoms with van der Waals surface area (Å²) in [5, 5.41) is 0. The van der Waals surface area contributed by atoms with Crippen molar-refractivity contribution in [1.29, 1.82) is 0 Å². The quantitative estimate of drug-likeness (QED) is 0.691. The first kappa shape index (κ1) is 10.1. The number of nitrogens with zero attached hydrogens (tertiary/aromatic N) is 2. The standard InChI is InChI=1S/C13H18N2/c1-10-7-5-6-8-13(10)15-9-11(2)14(4)12(15)3/h5-9,12H,1-4H3/t12-/m0/s1. The summed E-state index contributed by atoms with van der Waals surface area (Å²) in [4.78, 5) is 4.61. The predicted molar refractivity (Wildman–Crippen MR) is 64.6 cm³/mol. The maximum atomic E-state index is 2.32. The minimum absolute atomic E-state index is 0.408. The van der Waals surface area contributed by atoms with Crippen LogP contribution >= 0.6 is 0 Å². The third kappa shape index (κ3) is 1.60. The van der Waals surface area contributed by atoms with E-state index in [0.717, 1.165) is 0 Å². The highest BCUT2D eigenvalue weighted by atomic mass is 15.4. The summed E-state index contributed by atoms with van der Waals surface area (Å²) in [6, 6.07) is 8.51. The Kier molecular flexibility index (Phi) is 2.43. The summed E-state index contributed by atoms with van der Waals surface area (Å²) in [6.07, 6.45) is 2.62. The Morgan fingerprint density at radius 2 is 1.80 bits per heavy atom. The monoisotopic (exact) mass is 202 g/mol. The third-order valence-corrected chi connectivity index (χ3v) is 3.24. The van der Waals surface area contributed by atoms with E-state index in [0.29, 0.717) is 6.17 Å². The molecule has 0 amide bonds. The summed E-state index contributed by atoms with van der Waals surface area (Å²) in [6.45, 7) is 6.53. The zero-order valence-corrected chi connectivity index (χ0v) is 9.86. The van der Waals surface area contributed by atoms with Crippen molar-refractivity contribution < 1.29 is 0 Å². The average Bonchev–Trinajstić information content (AvgIpc) is 2.47. The van der Waals surface area contributed by atoms with E-state index in [2.05, 4.69) is 68.1 Å². The van der Waals surface area contributed by atoms with Crippen LogP contribution in [0.25, 0.3) is 0 Å². The van der Waals surface area contributed by atoms with Crippen molar-refractivity contribution in [3.8, 4) is 0 Å². The van der Waals surface area contributed by atoms with Crippen molar-refractivity contribution in [3.63, 3.8) is 0 Å². The number of para-hydroxylation sites is 1. The highest BCUT2D eigenvalue weighted by Crippen LogP contribution is 2.29. The average molecular weight is 202 g/mol. The zero-order chi connectivity index (χ0) is 11.0. The SMILES string of the molecule is CC1=CN(c2ccccc2C)[C@@H](C)N1C. The van der Waals surface area contributed by atoms with Crippen LogP contribution in [0.5, 0.6) is 0 Å². The lowest BCUT2D eigenvalue weighted by Gasteiger charge is -2.28. The number of hydrogen-bond donors (Lipinski definition) is 0. The molecular formula is C13H18N2. The molecule has 2 heteroatoms. The van der Waals surface area contributed by atoms with Crippen molar-refractivity contribution in [3.05, 3.63) is 41.7 Å². The van der Waals surface area contributed by atoms with E-state index < -0.39 is 0 Å². The van der Waals surface area contributed by atoms with Crippen LogP contribution in [0.1, 0.15) is 19.4 Å². The fourth-order valence-corrected chi connectivity index (χ4v) is 2.01. The molecule has 1 heterocycles. The molecule has 0 saturated heterocycles. The van der Waals surface area contributed by atoms with Gasteiger partial charge in [0.2, 0.25) is 0 Å².